The van der Waals surface area contributed by atoms with Crippen molar-refractivity contribution in [2.24, 2.45) is 0 Å². The van der Waals surface area contributed by atoms with Crippen molar-refractivity contribution in [3.63, 3.8) is 0 Å². The van der Waals surface area contributed by atoms with Crippen LogP contribution in [0, 0.1) is 23.0 Å². The maximum Gasteiger partial charge on any atom is 0.587 e. The Balaban J connectivity index is 2.12. The van der Waals surface area contributed by atoms with Gasteiger partial charge in [-0.25, -0.2) is 4.57 Å². The molecule has 0 fully saturated rings. The summed E-state index contributed by atoms with van der Waals surface area (Å²) in [5.74, 6) is 1.06. The maximum absolute atomic E-state index is 12.7. The molecule has 2 rings (SSSR count). The molecule has 128 valence electrons. The summed E-state index contributed by atoms with van der Waals surface area (Å²) in [6.45, 7) is 1.75. The number of nitrogens with zero attached hydrogens (tertiary/aromatic N) is 2. The van der Waals surface area contributed by atoms with Gasteiger partial charge in [-0.3, -0.25) is 4.52 Å². The molecule has 0 aliphatic rings. The van der Waals surface area contributed by atoms with Crippen molar-refractivity contribution in [1.82, 2.24) is 0 Å². The minimum atomic E-state index is -3.94. The summed E-state index contributed by atoms with van der Waals surface area (Å²) in [7, 11) is -3.94. The minimum Gasteiger partial charge on any atom is -0.395 e. The second-order valence-corrected chi connectivity index (χ2v) is 5.89. The Morgan fingerprint density at radius 1 is 0.800 bits per heavy atom. The number of nitriles is 2. The third-order valence-electron chi connectivity index (χ3n) is 2.70. The van der Waals surface area contributed by atoms with Gasteiger partial charge in [0.05, 0.1) is 6.61 Å². The van der Waals surface area contributed by atoms with Crippen molar-refractivity contribution in [3.8, 4) is 35.5 Å². The molecular weight excluding hydrogens is 347 g/mol. The fourth-order valence-corrected chi connectivity index (χ4v) is 2.95. The first kappa shape index (κ1) is 18.2. The van der Waals surface area contributed by atoms with Crippen LogP contribution in [0.1, 0.15) is 6.92 Å². The molecule has 0 N–H and O–H groups in total. The van der Waals surface area contributed by atoms with Crippen LogP contribution in [0.2, 0.25) is 0 Å². The largest absolute Gasteiger partial charge is 0.587 e. The van der Waals surface area contributed by atoms with Crippen LogP contribution in [0.4, 0.5) is 0 Å². The van der Waals surface area contributed by atoms with Gasteiger partial charge in [-0.2, -0.15) is 0 Å². The Morgan fingerprint density at radius 3 is 1.48 bits per heavy atom. The highest BCUT2D eigenvalue weighted by Crippen LogP contribution is 2.49. The van der Waals surface area contributed by atoms with Gasteiger partial charge in [0.25, 0.3) is 12.5 Å². The summed E-state index contributed by atoms with van der Waals surface area (Å²) < 4.78 is 37.9. The van der Waals surface area contributed by atoms with Crippen molar-refractivity contribution in [2.75, 3.05) is 6.61 Å². The van der Waals surface area contributed by atoms with Gasteiger partial charge in [0.15, 0.2) is 0 Å². The van der Waals surface area contributed by atoms with Crippen molar-refractivity contribution in [2.45, 2.75) is 6.92 Å². The maximum atomic E-state index is 12.7. The van der Waals surface area contributed by atoms with E-state index in [0.29, 0.717) is 11.5 Å². The number of hydrogen-bond donors (Lipinski definition) is 0. The second kappa shape index (κ2) is 8.60. The average molecular weight is 360 g/mol. The van der Waals surface area contributed by atoms with Crippen LogP contribution in [0.3, 0.4) is 0 Å². The van der Waals surface area contributed by atoms with Crippen LogP contribution in [0.15, 0.2) is 48.5 Å². The van der Waals surface area contributed by atoms with E-state index < -0.39 is 7.82 Å². The van der Waals surface area contributed by atoms with Gasteiger partial charge in [-0.1, -0.05) is 0 Å². The zero-order chi connectivity index (χ0) is 18.1. The lowest BCUT2D eigenvalue weighted by atomic mass is 10.3. The molecule has 2 aromatic rings. The fourth-order valence-electron chi connectivity index (χ4n) is 1.73. The van der Waals surface area contributed by atoms with Gasteiger partial charge in [0.1, 0.15) is 23.0 Å². The van der Waals surface area contributed by atoms with E-state index >= 15 is 0 Å². The van der Waals surface area contributed by atoms with Gasteiger partial charge in [0, 0.05) is 0 Å². The average Bonchev–Trinajstić information content (AvgIpc) is 2.59. The summed E-state index contributed by atoms with van der Waals surface area (Å²) >= 11 is 0. The summed E-state index contributed by atoms with van der Waals surface area (Å²) in [6.07, 6.45) is 3.09. The normalized spacial score (nSPS) is 10.2. The Labute approximate surface area is 144 Å². The van der Waals surface area contributed by atoms with Crippen molar-refractivity contribution < 1.29 is 27.6 Å². The number of ether oxygens (including phenoxy) is 2. The van der Waals surface area contributed by atoms with E-state index in [2.05, 4.69) is 9.47 Å². The number of benzene rings is 2. The predicted molar refractivity (Wildman–Crippen MR) is 85.9 cm³/mol. The summed E-state index contributed by atoms with van der Waals surface area (Å²) in [4.78, 5) is 0. The van der Waals surface area contributed by atoms with Crippen LogP contribution in [0.5, 0.6) is 23.0 Å². The molecule has 0 heterocycles. The molecule has 8 nitrogen and oxygen atoms in total. The van der Waals surface area contributed by atoms with E-state index in [4.69, 9.17) is 24.1 Å². The Hall–Kier alpha value is -3.19. The topological polar surface area (TPSA) is 111 Å². The van der Waals surface area contributed by atoms with Gasteiger partial charge in [-0.05, 0) is 55.5 Å². The molecule has 9 heteroatoms. The summed E-state index contributed by atoms with van der Waals surface area (Å²) in [5.41, 5.74) is 0. The van der Waals surface area contributed by atoms with E-state index in [-0.39, 0.29) is 18.1 Å². The molecule has 0 aliphatic carbocycles. The molecule has 2 aromatic carbocycles. The first-order valence-corrected chi connectivity index (χ1v) is 8.50. The quantitative estimate of drug-likeness (QED) is 0.513. The molecule has 0 radical (unpaired) electrons. The number of phosphoric ester groups is 1. The SMILES string of the molecule is CCOP(=O)(Oc1ccc(OC#N)cc1)Oc1ccc(OC#N)cc1. The van der Waals surface area contributed by atoms with Crippen molar-refractivity contribution >= 4 is 7.82 Å². The lowest BCUT2D eigenvalue weighted by Crippen LogP contribution is -2.05. The molecule has 0 aromatic heterocycles. The second-order valence-electron chi connectivity index (χ2n) is 4.38. The van der Waals surface area contributed by atoms with E-state index in [1.54, 1.807) is 19.4 Å². The third-order valence-corrected chi connectivity index (χ3v) is 4.14. The monoisotopic (exact) mass is 360 g/mol. The Bertz CT molecular complexity index is 758. The predicted octanol–water partition coefficient (Wildman–Crippen LogP) is 4.01. The fraction of sp³-hybridized carbons (Fsp3) is 0.125. The van der Waals surface area contributed by atoms with Crippen LogP contribution in [0.25, 0.3) is 0 Å². The molecular formula is C16H13N2O6P. The highest BCUT2D eigenvalue weighted by Gasteiger charge is 2.30. The van der Waals surface area contributed by atoms with E-state index in [1.807, 2.05) is 0 Å². The molecule has 0 bridgehead atoms. The van der Waals surface area contributed by atoms with Crippen LogP contribution >= 0.6 is 7.82 Å². The highest BCUT2D eigenvalue weighted by molar-refractivity contribution is 7.49. The number of rotatable bonds is 8. The van der Waals surface area contributed by atoms with E-state index in [1.165, 1.54) is 48.5 Å². The molecule has 0 saturated carbocycles. The Morgan fingerprint density at radius 2 is 1.16 bits per heavy atom. The van der Waals surface area contributed by atoms with Gasteiger partial charge in [-0.15, -0.1) is 10.5 Å². The van der Waals surface area contributed by atoms with Crippen LogP contribution < -0.4 is 18.5 Å². The number of phosphoric acid groups is 1. The van der Waals surface area contributed by atoms with Crippen molar-refractivity contribution in [3.05, 3.63) is 48.5 Å². The lowest BCUT2D eigenvalue weighted by molar-refractivity contribution is 0.219. The molecule has 0 spiro atoms. The first-order chi connectivity index (χ1) is 12.1. The smallest absolute Gasteiger partial charge is 0.395 e. The molecule has 0 atom stereocenters. The first-order valence-electron chi connectivity index (χ1n) is 7.04. The van der Waals surface area contributed by atoms with Crippen molar-refractivity contribution in [1.29, 1.82) is 10.5 Å². The molecule has 25 heavy (non-hydrogen) atoms. The van der Waals surface area contributed by atoms with Gasteiger partial charge >= 0.3 is 7.82 Å². The zero-order valence-electron chi connectivity index (χ0n) is 13.1. The molecule has 0 aliphatic heterocycles. The van der Waals surface area contributed by atoms with Gasteiger partial charge < -0.3 is 18.5 Å². The van der Waals surface area contributed by atoms with E-state index in [9.17, 15) is 4.57 Å². The zero-order valence-corrected chi connectivity index (χ0v) is 14.0. The third kappa shape index (κ3) is 5.43. The molecule has 0 saturated heterocycles. The van der Waals surface area contributed by atoms with Crippen LogP contribution in [-0.4, -0.2) is 6.61 Å². The van der Waals surface area contributed by atoms with E-state index in [0.717, 1.165) is 0 Å². The highest BCUT2D eigenvalue weighted by atomic mass is 31.2. The molecule has 0 unspecified atom stereocenters. The van der Waals surface area contributed by atoms with Gasteiger partial charge in [0.2, 0.25) is 0 Å². The van der Waals surface area contributed by atoms with Crippen LogP contribution in [-0.2, 0) is 9.09 Å². The summed E-state index contributed by atoms with van der Waals surface area (Å²) in [5, 5.41) is 16.9. The standard InChI is InChI=1S/C16H13N2O6P/c1-2-22-25(19,23-15-7-3-13(4-8-15)20-11-17)24-16-9-5-14(6-10-16)21-12-18/h3-10H,2H2,1H3. The Kier molecular flexibility index (Phi) is 6.25. The lowest BCUT2D eigenvalue weighted by Gasteiger charge is -2.18. The number of hydrogen-bond acceptors (Lipinski definition) is 8. The molecule has 0 amide bonds. The summed E-state index contributed by atoms with van der Waals surface area (Å²) in [6, 6.07) is 11.8. The minimum absolute atomic E-state index is 0.0997.